The van der Waals surface area contributed by atoms with Gasteiger partial charge in [-0.2, -0.15) is 0 Å². The number of likely N-dealkylation sites (tertiary alicyclic amines) is 1. The Kier molecular flexibility index (Phi) is 6.88. The quantitative estimate of drug-likeness (QED) is 0.804. The molecule has 0 spiro atoms. The molecular formula is C23H30N2O2. The van der Waals surface area contributed by atoms with E-state index >= 15 is 0 Å². The molecule has 0 bridgehead atoms. The highest BCUT2D eigenvalue weighted by molar-refractivity contribution is 5.77. The molecule has 3 rings (SSSR count). The molecule has 0 aromatic heterocycles. The van der Waals surface area contributed by atoms with Crippen LogP contribution in [0, 0.1) is 13.8 Å². The van der Waals surface area contributed by atoms with Gasteiger partial charge in [0.15, 0.2) is 6.61 Å². The highest BCUT2D eigenvalue weighted by Gasteiger charge is 2.22. The van der Waals surface area contributed by atoms with E-state index in [0.717, 1.165) is 24.4 Å². The molecule has 4 heteroatoms. The molecule has 0 aliphatic carbocycles. The number of rotatable bonds is 7. The third-order valence-corrected chi connectivity index (χ3v) is 5.24. The minimum absolute atomic E-state index is 0.0471. The molecular weight excluding hydrogens is 336 g/mol. The van der Waals surface area contributed by atoms with E-state index in [1.165, 1.54) is 30.4 Å². The molecule has 1 aliphatic rings. The SMILES string of the molecule is Cc1ccc([C@@H](CNC(=O)COc2ccccc2C)N2CCCCC2)cc1. The zero-order valence-electron chi connectivity index (χ0n) is 16.4. The number of ether oxygens (including phenoxy) is 1. The van der Waals surface area contributed by atoms with Gasteiger partial charge in [0.05, 0.1) is 6.04 Å². The van der Waals surface area contributed by atoms with Gasteiger partial charge in [-0.05, 0) is 57.0 Å². The van der Waals surface area contributed by atoms with E-state index in [0.29, 0.717) is 6.54 Å². The Balaban J connectivity index is 1.59. The van der Waals surface area contributed by atoms with Crippen molar-refractivity contribution in [3.63, 3.8) is 0 Å². The first-order valence-electron chi connectivity index (χ1n) is 9.89. The fourth-order valence-electron chi connectivity index (χ4n) is 3.60. The first kappa shape index (κ1) is 19.4. The Morgan fingerprint density at radius 1 is 1.04 bits per heavy atom. The molecule has 1 saturated heterocycles. The van der Waals surface area contributed by atoms with Gasteiger partial charge in [-0.25, -0.2) is 0 Å². The minimum atomic E-state index is -0.0765. The van der Waals surface area contributed by atoms with Crippen LogP contribution in [0.15, 0.2) is 48.5 Å². The van der Waals surface area contributed by atoms with Crippen molar-refractivity contribution in [2.24, 2.45) is 0 Å². The second-order valence-electron chi connectivity index (χ2n) is 7.38. The van der Waals surface area contributed by atoms with Crippen molar-refractivity contribution in [1.82, 2.24) is 10.2 Å². The second kappa shape index (κ2) is 9.56. The van der Waals surface area contributed by atoms with E-state index in [9.17, 15) is 4.79 Å². The summed E-state index contributed by atoms with van der Waals surface area (Å²) >= 11 is 0. The number of nitrogens with one attached hydrogen (secondary N) is 1. The molecule has 0 saturated carbocycles. The van der Waals surface area contributed by atoms with Gasteiger partial charge in [-0.1, -0.05) is 54.4 Å². The van der Waals surface area contributed by atoms with Crippen molar-refractivity contribution in [3.8, 4) is 5.75 Å². The highest BCUT2D eigenvalue weighted by Crippen LogP contribution is 2.24. The van der Waals surface area contributed by atoms with Crippen LogP contribution < -0.4 is 10.1 Å². The van der Waals surface area contributed by atoms with Gasteiger partial charge >= 0.3 is 0 Å². The predicted octanol–water partition coefficient (Wildman–Crippen LogP) is 4.03. The molecule has 1 atom stereocenters. The first-order valence-corrected chi connectivity index (χ1v) is 9.89. The molecule has 1 fully saturated rings. The molecule has 4 nitrogen and oxygen atoms in total. The molecule has 0 radical (unpaired) electrons. The molecule has 27 heavy (non-hydrogen) atoms. The van der Waals surface area contributed by atoms with Gasteiger partial charge in [-0.15, -0.1) is 0 Å². The molecule has 1 heterocycles. The van der Waals surface area contributed by atoms with Crippen LogP contribution in [-0.4, -0.2) is 37.0 Å². The van der Waals surface area contributed by atoms with Gasteiger partial charge in [-0.3, -0.25) is 9.69 Å². The number of carbonyl (C=O) groups excluding carboxylic acids is 1. The Bertz CT molecular complexity index is 736. The average Bonchev–Trinajstić information content (AvgIpc) is 2.69. The summed E-state index contributed by atoms with van der Waals surface area (Å²) in [6, 6.07) is 16.6. The monoisotopic (exact) mass is 366 g/mol. The molecule has 1 N–H and O–H groups in total. The zero-order valence-corrected chi connectivity index (χ0v) is 16.4. The number of para-hydroxylation sites is 1. The predicted molar refractivity (Wildman–Crippen MR) is 109 cm³/mol. The lowest BCUT2D eigenvalue weighted by Crippen LogP contribution is -2.41. The first-order chi connectivity index (χ1) is 13.1. The average molecular weight is 367 g/mol. The van der Waals surface area contributed by atoms with Gasteiger partial charge in [0.2, 0.25) is 0 Å². The molecule has 1 amide bonds. The van der Waals surface area contributed by atoms with E-state index in [-0.39, 0.29) is 18.6 Å². The minimum Gasteiger partial charge on any atom is -0.484 e. The van der Waals surface area contributed by atoms with Crippen molar-refractivity contribution in [3.05, 3.63) is 65.2 Å². The van der Waals surface area contributed by atoms with Crippen LogP contribution in [0.3, 0.4) is 0 Å². The Labute approximate surface area is 162 Å². The summed E-state index contributed by atoms with van der Waals surface area (Å²) in [6.07, 6.45) is 3.76. The number of benzene rings is 2. The van der Waals surface area contributed by atoms with E-state index in [4.69, 9.17) is 4.74 Å². The van der Waals surface area contributed by atoms with Gasteiger partial charge in [0.1, 0.15) is 5.75 Å². The summed E-state index contributed by atoms with van der Waals surface area (Å²) in [4.78, 5) is 14.8. The topological polar surface area (TPSA) is 41.6 Å². The maximum atomic E-state index is 12.3. The maximum Gasteiger partial charge on any atom is 0.258 e. The molecule has 0 unspecified atom stereocenters. The number of hydrogen-bond donors (Lipinski definition) is 1. The summed E-state index contributed by atoms with van der Waals surface area (Å²) in [5, 5.41) is 3.08. The zero-order chi connectivity index (χ0) is 19.1. The largest absolute Gasteiger partial charge is 0.484 e. The van der Waals surface area contributed by atoms with E-state index < -0.39 is 0 Å². The second-order valence-corrected chi connectivity index (χ2v) is 7.38. The van der Waals surface area contributed by atoms with E-state index in [1.807, 2.05) is 31.2 Å². The van der Waals surface area contributed by atoms with Gasteiger partial charge in [0.25, 0.3) is 5.91 Å². The fourth-order valence-corrected chi connectivity index (χ4v) is 3.60. The summed E-state index contributed by atoms with van der Waals surface area (Å²) in [7, 11) is 0. The number of carbonyl (C=O) groups is 1. The van der Waals surface area contributed by atoms with Crippen LogP contribution >= 0.6 is 0 Å². The number of piperidine rings is 1. The molecule has 2 aromatic carbocycles. The Morgan fingerprint density at radius 3 is 2.44 bits per heavy atom. The van der Waals surface area contributed by atoms with Crippen molar-refractivity contribution in [2.45, 2.75) is 39.2 Å². The molecule has 144 valence electrons. The lowest BCUT2D eigenvalue weighted by molar-refractivity contribution is -0.123. The maximum absolute atomic E-state index is 12.3. The fraction of sp³-hybridized carbons (Fsp3) is 0.435. The lowest BCUT2D eigenvalue weighted by Gasteiger charge is -2.35. The van der Waals surface area contributed by atoms with Crippen molar-refractivity contribution in [2.75, 3.05) is 26.2 Å². The Morgan fingerprint density at radius 2 is 1.74 bits per heavy atom. The number of hydrogen-bond acceptors (Lipinski definition) is 3. The summed E-state index contributed by atoms with van der Waals surface area (Å²) in [5.74, 6) is 0.686. The summed E-state index contributed by atoms with van der Waals surface area (Å²) in [6.45, 7) is 6.92. The molecule has 2 aromatic rings. The van der Waals surface area contributed by atoms with Gasteiger partial charge in [0, 0.05) is 6.54 Å². The van der Waals surface area contributed by atoms with Crippen LogP contribution in [0.4, 0.5) is 0 Å². The normalized spacial score (nSPS) is 15.9. The van der Waals surface area contributed by atoms with Crippen molar-refractivity contribution in [1.29, 1.82) is 0 Å². The third-order valence-electron chi connectivity index (χ3n) is 5.24. The van der Waals surface area contributed by atoms with Crippen LogP contribution in [-0.2, 0) is 4.79 Å². The number of amides is 1. The van der Waals surface area contributed by atoms with Gasteiger partial charge < -0.3 is 10.1 Å². The van der Waals surface area contributed by atoms with E-state index in [1.54, 1.807) is 0 Å². The van der Waals surface area contributed by atoms with Crippen LogP contribution in [0.5, 0.6) is 5.75 Å². The third kappa shape index (κ3) is 5.57. The number of nitrogens with zero attached hydrogens (tertiary/aromatic N) is 1. The summed E-state index contributed by atoms with van der Waals surface area (Å²) in [5.41, 5.74) is 3.56. The number of aryl methyl sites for hydroxylation is 2. The summed E-state index contributed by atoms with van der Waals surface area (Å²) < 4.78 is 5.67. The van der Waals surface area contributed by atoms with Crippen LogP contribution in [0.2, 0.25) is 0 Å². The molecule has 1 aliphatic heterocycles. The van der Waals surface area contributed by atoms with Crippen molar-refractivity contribution < 1.29 is 9.53 Å². The van der Waals surface area contributed by atoms with Crippen molar-refractivity contribution >= 4 is 5.91 Å². The smallest absolute Gasteiger partial charge is 0.258 e. The Hall–Kier alpha value is -2.33. The lowest BCUT2D eigenvalue weighted by atomic mass is 10.0. The highest BCUT2D eigenvalue weighted by atomic mass is 16.5. The van der Waals surface area contributed by atoms with Crippen LogP contribution in [0.1, 0.15) is 42.0 Å². The van der Waals surface area contributed by atoms with Crippen LogP contribution in [0.25, 0.3) is 0 Å². The van der Waals surface area contributed by atoms with E-state index in [2.05, 4.69) is 41.4 Å². The standard InChI is InChI=1S/C23H30N2O2/c1-18-10-12-20(13-11-18)21(25-14-6-3-7-15-25)16-24-23(26)17-27-22-9-5-4-8-19(22)2/h4-5,8-13,21H,3,6-7,14-17H2,1-2H3,(H,24,26)/t21-/m1/s1.